The second-order valence-corrected chi connectivity index (χ2v) is 5.33. The largest absolute Gasteiger partial charge is 0.544 e. The van der Waals surface area contributed by atoms with Gasteiger partial charge in [0.05, 0.1) is 13.1 Å². The first kappa shape index (κ1) is 15.1. The zero-order valence-corrected chi connectivity index (χ0v) is 12.7. The summed E-state index contributed by atoms with van der Waals surface area (Å²) in [5.74, 6) is 0.0744. The molecule has 0 aliphatic carbocycles. The van der Waals surface area contributed by atoms with Crippen LogP contribution in [-0.4, -0.2) is 28.3 Å². The van der Waals surface area contributed by atoms with E-state index in [4.69, 9.17) is 4.74 Å². The van der Waals surface area contributed by atoms with Gasteiger partial charge < -0.3 is 14.6 Å². The Labute approximate surface area is 126 Å². The molecule has 0 bridgehead atoms. The first-order valence-corrected chi connectivity index (χ1v) is 6.96. The SMILES string of the molecule is COc1ccc(/C=C(\Sc2n[nH]c(C)n2)C(=O)[O-])c(C)c1. The number of aromatic nitrogens is 3. The zero-order chi connectivity index (χ0) is 15.4. The molecule has 0 unspecified atom stereocenters. The van der Waals surface area contributed by atoms with Crippen molar-refractivity contribution >= 4 is 23.8 Å². The highest BCUT2D eigenvalue weighted by atomic mass is 32.2. The molecule has 1 aromatic carbocycles. The number of carboxylic acids is 1. The van der Waals surface area contributed by atoms with Crippen LogP contribution in [0.25, 0.3) is 6.08 Å². The molecular formula is C14H14N3O3S-. The van der Waals surface area contributed by atoms with Crippen LogP contribution in [0.1, 0.15) is 17.0 Å². The van der Waals surface area contributed by atoms with Crippen LogP contribution < -0.4 is 9.84 Å². The fraction of sp³-hybridized carbons (Fsp3) is 0.214. The van der Waals surface area contributed by atoms with E-state index in [1.807, 2.05) is 13.0 Å². The average Bonchev–Trinajstić information content (AvgIpc) is 2.85. The zero-order valence-electron chi connectivity index (χ0n) is 11.8. The molecule has 2 rings (SSSR count). The number of benzene rings is 1. The maximum absolute atomic E-state index is 11.3. The summed E-state index contributed by atoms with van der Waals surface area (Å²) in [6.45, 7) is 3.62. The first-order valence-electron chi connectivity index (χ1n) is 6.14. The second kappa shape index (κ2) is 6.45. The van der Waals surface area contributed by atoms with Gasteiger partial charge in [-0.3, -0.25) is 5.10 Å². The molecule has 6 nitrogen and oxygen atoms in total. The Balaban J connectivity index is 2.31. The third-order valence-electron chi connectivity index (χ3n) is 2.74. The van der Waals surface area contributed by atoms with Crippen molar-refractivity contribution in [2.75, 3.05) is 7.11 Å². The number of carbonyl (C=O) groups is 1. The van der Waals surface area contributed by atoms with Crippen LogP contribution in [0.15, 0.2) is 28.3 Å². The molecule has 2 aromatic rings. The van der Waals surface area contributed by atoms with Gasteiger partial charge in [0.15, 0.2) is 0 Å². The lowest BCUT2D eigenvalue weighted by Gasteiger charge is -2.08. The Morgan fingerprint density at radius 2 is 2.19 bits per heavy atom. The third-order valence-corrected chi connectivity index (χ3v) is 3.61. The summed E-state index contributed by atoms with van der Waals surface area (Å²) >= 11 is 0.945. The smallest absolute Gasteiger partial charge is 0.213 e. The fourth-order valence-electron chi connectivity index (χ4n) is 1.67. The molecule has 1 heterocycles. The molecule has 0 saturated heterocycles. The van der Waals surface area contributed by atoms with Crippen LogP contribution in [0.4, 0.5) is 0 Å². The van der Waals surface area contributed by atoms with Gasteiger partial charge in [-0.15, -0.1) is 5.10 Å². The van der Waals surface area contributed by atoms with E-state index in [2.05, 4.69) is 15.2 Å². The molecule has 7 heteroatoms. The second-order valence-electron chi connectivity index (χ2n) is 4.32. The van der Waals surface area contributed by atoms with Gasteiger partial charge in [-0.1, -0.05) is 6.07 Å². The fourth-order valence-corrected chi connectivity index (χ4v) is 2.41. The van der Waals surface area contributed by atoms with Gasteiger partial charge in [0.25, 0.3) is 0 Å². The number of H-pyrrole nitrogens is 1. The Hall–Kier alpha value is -2.28. The van der Waals surface area contributed by atoms with Crippen molar-refractivity contribution in [3.63, 3.8) is 0 Å². The van der Waals surface area contributed by atoms with Crippen molar-refractivity contribution in [2.45, 2.75) is 19.0 Å². The predicted molar refractivity (Wildman–Crippen MR) is 77.7 cm³/mol. The Morgan fingerprint density at radius 1 is 1.43 bits per heavy atom. The lowest BCUT2D eigenvalue weighted by molar-refractivity contribution is -0.297. The van der Waals surface area contributed by atoms with Crippen molar-refractivity contribution in [1.82, 2.24) is 15.2 Å². The van der Waals surface area contributed by atoms with Crippen LogP contribution in [0.2, 0.25) is 0 Å². The van der Waals surface area contributed by atoms with E-state index in [0.717, 1.165) is 28.6 Å². The molecule has 0 spiro atoms. The summed E-state index contributed by atoms with van der Waals surface area (Å²) in [6, 6.07) is 5.40. The Bertz CT molecular complexity index is 695. The number of methoxy groups -OCH3 is 1. The minimum atomic E-state index is -1.27. The van der Waals surface area contributed by atoms with Gasteiger partial charge >= 0.3 is 0 Å². The molecule has 1 aromatic heterocycles. The minimum absolute atomic E-state index is 0.0438. The van der Waals surface area contributed by atoms with Gasteiger partial charge in [0.1, 0.15) is 11.6 Å². The molecular weight excluding hydrogens is 290 g/mol. The van der Waals surface area contributed by atoms with Crippen molar-refractivity contribution in [3.05, 3.63) is 40.1 Å². The van der Waals surface area contributed by atoms with Gasteiger partial charge in [0.2, 0.25) is 5.16 Å². The molecule has 110 valence electrons. The molecule has 0 radical (unpaired) electrons. The highest BCUT2D eigenvalue weighted by Crippen LogP contribution is 2.27. The molecule has 0 amide bonds. The van der Waals surface area contributed by atoms with E-state index in [-0.39, 0.29) is 4.91 Å². The third kappa shape index (κ3) is 3.85. The summed E-state index contributed by atoms with van der Waals surface area (Å²) in [7, 11) is 1.58. The van der Waals surface area contributed by atoms with E-state index < -0.39 is 5.97 Å². The quantitative estimate of drug-likeness (QED) is 0.661. The number of hydrogen-bond donors (Lipinski definition) is 1. The Morgan fingerprint density at radius 3 is 2.71 bits per heavy atom. The molecule has 0 aliphatic heterocycles. The van der Waals surface area contributed by atoms with Crippen molar-refractivity contribution in [1.29, 1.82) is 0 Å². The number of aliphatic carboxylic acids is 1. The molecule has 21 heavy (non-hydrogen) atoms. The number of carbonyl (C=O) groups excluding carboxylic acids is 1. The number of nitrogens with one attached hydrogen (secondary N) is 1. The van der Waals surface area contributed by atoms with Gasteiger partial charge in [-0.2, -0.15) is 0 Å². The highest BCUT2D eigenvalue weighted by molar-refractivity contribution is 8.04. The molecule has 0 saturated carbocycles. The average molecular weight is 304 g/mol. The van der Waals surface area contributed by atoms with E-state index >= 15 is 0 Å². The number of carboxylic acid groups (broad SMARTS) is 1. The Kier molecular flexibility index (Phi) is 4.64. The highest BCUT2D eigenvalue weighted by Gasteiger charge is 2.08. The summed E-state index contributed by atoms with van der Waals surface area (Å²) in [4.78, 5) is 15.4. The normalized spacial score (nSPS) is 11.5. The predicted octanol–water partition coefficient (Wildman–Crippen LogP) is 1.31. The lowest BCUT2D eigenvalue weighted by atomic mass is 10.1. The van der Waals surface area contributed by atoms with Crippen LogP contribution in [0.3, 0.4) is 0 Å². The summed E-state index contributed by atoms with van der Waals surface area (Å²) < 4.78 is 5.12. The van der Waals surface area contributed by atoms with Crippen LogP contribution in [0, 0.1) is 13.8 Å². The number of hydrogen-bond acceptors (Lipinski definition) is 6. The summed E-state index contributed by atoms with van der Waals surface area (Å²) in [5.41, 5.74) is 1.68. The maximum atomic E-state index is 11.3. The summed E-state index contributed by atoms with van der Waals surface area (Å²) in [5, 5.41) is 18.2. The van der Waals surface area contributed by atoms with E-state index in [9.17, 15) is 9.90 Å². The van der Waals surface area contributed by atoms with E-state index in [0.29, 0.717) is 11.0 Å². The summed E-state index contributed by atoms with van der Waals surface area (Å²) in [6.07, 6.45) is 1.54. The standard InChI is InChI=1S/C14H15N3O3S/c1-8-6-11(20-3)5-4-10(8)7-12(13(18)19)21-14-15-9(2)16-17-14/h4-7H,1-3H3,(H,18,19)(H,15,16,17)/p-1/b12-7-. The van der Waals surface area contributed by atoms with Gasteiger partial charge in [-0.05, 0) is 54.9 Å². The monoisotopic (exact) mass is 304 g/mol. The van der Waals surface area contributed by atoms with Crippen LogP contribution >= 0.6 is 11.8 Å². The number of aryl methyl sites for hydroxylation is 2. The maximum Gasteiger partial charge on any atom is 0.213 e. The van der Waals surface area contributed by atoms with Crippen molar-refractivity contribution in [3.8, 4) is 5.75 Å². The number of ether oxygens (including phenoxy) is 1. The topological polar surface area (TPSA) is 90.9 Å². The van der Waals surface area contributed by atoms with Gasteiger partial charge in [-0.25, -0.2) is 4.98 Å². The van der Waals surface area contributed by atoms with Gasteiger partial charge in [0, 0.05) is 4.91 Å². The number of rotatable bonds is 5. The van der Waals surface area contributed by atoms with E-state index in [1.165, 1.54) is 0 Å². The van der Waals surface area contributed by atoms with Crippen molar-refractivity contribution < 1.29 is 14.6 Å². The van der Waals surface area contributed by atoms with E-state index in [1.54, 1.807) is 32.2 Å². The van der Waals surface area contributed by atoms with Crippen LogP contribution in [-0.2, 0) is 4.79 Å². The molecule has 0 fully saturated rings. The number of thioether (sulfide) groups is 1. The molecule has 0 aliphatic rings. The molecule has 0 atom stereocenters. The first-order chi connectivity index (χ1) is 9.99. The van der Waals surface area contributed by atoms with Crippen molar-refractivity contribution in [2.24, 2.45) is 0 Å². The molecule has 1 N–H and O–H groups in total. The van der Waals surface area contributed by atoms with Crippen LogP contribution in [0.5, 0.6) is 5.75 Å². The lowest BCUT2D eigenvalue weighted by Crippen LogP contribution is -2.23. The number of nitrogens with zero attached hydrogens (tertiary/aromatic N) is 2. The minimum Gasteiger partial charge on any atom is -0.544 e. The number of aromatic amines is 1.